The molecule has 0 aromatic heterocycles. The Hall–Kier alpha value is -0.670. The molecule has 1 aromatic rings. The summed E-state index contributed by atoms with van der Waals surface area (Å²) in [5.74, 6) is -0.137. The summed E-state index contributed by atoms with van der Waals surface area (Å²) in [6.07, 6.45) is 0.977. The maximum absolute atomic E-state index is 12.3. The van der Waals surface area contributed by atoms with Gasteiger partial charge in [-0.2, -0.15) is 0 Å². The lowest BCUT2D eigenvalue weighted by Gasteiger charge is -2.20. The Morgan fingerprint density at radius 3 is 2.24 bits per heavy atom. The minimum atomic E-state index is -4.04. The zero-order valence-electron chi connectivity index (χ0n) is 11.9. The maximum atomic E-state index is 12.3. The largest absolute Gasteiger partial charge is 0.395 e. The van der Waals surface area contributed by atoms with E-state index < -0.39 is 25.9 Å². The molecule has 1 unspecified atom stereocenters. The van der Waals surface area contributed by atoms with E-state index >= 15 is 0 Å². The van der Waals surface area contributed by atoms with Gasteiger partial charge in [-0.25, -0.2) is 21.6 Å². The van der Waals surface area contributed by atoms with Crippen LogP contribution in [0.3, 0.4) is 0 Å². The Kier molecular flexibility index (Phi) is 5.79. The van der Waals surface area contributed by atoms with Crippen LogP contribution >= 0.6 is 11.6 Å². The molecule has 1 rings (SSSR count). The number of halogens is 1. The average molecular weight is 356 g/mol. The van der Waals surface area contributed by atoms with Gasteiger partial charge in [0.2, 0.25) is 10.0 Å². The number of aliphatic hydroxyl groups excluding tert-OH is 1. The van der Waals surface area contributed by atoms with Crippen molar-refractivity contribution in [2.45, 2.75) is 29.7 Å². The third kappa shape index (κ3) is 4.65. The first-order valence-electron chi connectivity index (χ1n) is 6.12. The zero-order chi connectivity index (χ0) is 16.4. The van der Waals surface area contributed by atoms with Gasteiger partial charge < -0.3 is 5.11 Å². The molecular formula is C12H18ClNO5S2. The summed E-state index contributed by atoms with van der Waals surface area (Å²) < 4.78 is 50.0. The summed E-state index contributed by atoms with van der Waals surface area (Å²) in [5.41, 5.74) is 0. The van der Waals surface area contributed by atoms with E-state index in [1.54, 1.807) is 13.8 Å². The number of nitrogens with one attached hydrogen (secondary N) is 1. The number of aliphatic hydroxyl groups is 1. The van der Waals surface area contributed by atoms with Crippen molar-refractivity contribution in [3.8, 4) is 0 Å². The fourth-order valence-electron chi connectivity index (χ4n) is 1.57. The Labute approximate surface area is 130 Å². The quantitative estimate of drug-likeness (QED) is 0.794. The smallest absolute Gasteiger partial charge is 0.242 e. The molecule has 0 radical (unpaired) electrons. The first kappa shape index (κ1) is 18.4. The lowest BCUT2D eigenvalue weighted by Crippen LogP contribution is -2.41. The molecule has 120 valence electrons. The third-order valence-corrected chi connectivity index (χ3v) is 6.01. The monoisotopic (exact) mass is 355 g/mol. The van der Waals surface area contributed by atoms with E-state index in [4.69, 9.17) is 11.6 Å². The molecule has 0 aliphatic carbocycles. The second kappa shape index (κ2) is 6.62. The van der Waals surface area contributed by atoms with Crippen molar-refractivity contribution in [3.63, 3.8) is 0 Å². The molecule has 9 heteroatoms. The van der Waals surface area contributed by atoms with Crippen molar-refractivity contribution in [1.82, 2.24) is 4.72 Å². The summed E-state index contributed by atoms with van der Waals surface area (Å²) in [6, 6.07) is 2.78. The fourth-order valence-corrected chi connectivity index (χ4v) is 4.19. The van der Waals surface area contributed by atoms with Crippen LogP contribution in [0, 0.1) is 5.92 Å². The third-order valence-electron chi connectivity index (χ3n) is 2.93. The summed E-state index contributed by atoms with van der Waals surface area (Å²) >= 11 is 5.86. The Morgan fingerprint density at radius 1 is 1.24 bits per heavy atom. The molecule has 1 atom stereocenters. The van der Waals surface area contributed by atoms with Gasteiger partial charge in [0.25, 0.3) is 0 Å². The van der Waals surface area contributed by atoms with Crippen LogP contribution in [0.1, 0.15) is 13.8 Å². The van der Waals surface area contributed by atoms with Gasteiger partial charge >= 0.3 is 0 Å². The Balaban J connectivity index is 3.31. The van der Waals surface area contributed by atoms with E-state index in [1.165, 1.54) is 12.1 Å². The maximum Gasteiger partial charge on any atom is 0.242 e. The standard InChI is InChI=1S/C12H18ClNO5S2/c1-8(2)11(7-15)14-21(18,19)12-6-9(20(3,16)17)4-5-10(12)13/h4-6,8,11,14-15H,7H2,1-3H3. The van der Waals surface area contributed by atoms with Crippen LogP contribution in [0.15, 0.2) is 28.0 Å². The topological polar surface area (TPSA) is 101 Å². The van der Waals surface area contributed by atoms with E-state index in [1.807, 2.05) is 0 Å². The number of rotatable bonds is 6. The second-order valence-electron chi connectivity index (χ2n) is 5.02. The molecule has 0 saturated heterocycles. The van der Waals surface area contributed by atoms with Crippen molar-refractivity contribution in [1.29, 1.82) is 0 Å². The highest BCUT2D eigenvalue weighted by molar-refractivity contribution is 7.91. The van der Waals surface area contributed by atoms with Crippen molar-refractivity contribution in [2.75, 3.05) is 12.9 Å². The molecule has 0 heterocycles. The number of sulfone groups is 1. The highest BCUT2D eigenvalue weighted by Crippen LogP contribution is 2.25. The average Bonchev–Trinajstić information content (AvgIpc) is 2.34. The van der Waals surface area contributed by atoms with E-state index in [0.29, 0.717) is 0 Å². The van der Waals surface area contributed by atoms with Crippen LogP contribution in [0.4, 0.5) is 0 Å². The molecule has 0 aliphatic heterocycles. The van der Waals surface area contributed by atoms with Crippen molar-refractivity contribution < 1.29 is 21.9 Å². The molecule has 2 N–H and O–H groups in total. The van der Waals surface area contributed by atoms with Gasteiger partial charge in [0.15, 0.2) is 9.84 Å². The second-order valence-corrected chi connectivity index (χ2v) is 9.12. The van der Waals surface area contributed by atoms with Gasteiger partial charge in [-0.05, 0) is 24.1 Å². The first-order valence-corrected chi connectivity index (χ1v) is 9.87. The van der Waals surface area contributed by atoms with E-state index in [0.717, 1.165) is 12.3 Å². The number of benzene rings is 1. The summed E-state index contributed by atoms with van der Waals surface area (Å²) in [7, 11) is -7.59. The number of hydrogen-bond acceptors (Lipinski definition) is 5. The fraction of sp³-hybridized carbons (Fsp3) is 0.500. The molecule has 6 nitrogen and oxygen atoms in total. The van der Waals surface area contributed by atoms with Gasteiger partial charge in [-0.1, -0.05) is 25.4 Å². The molecule has 1 aromatic carbocycles. The molecule has 21 heavy (non-hydrogen) atoms. The Bertz CT molecular complexity index is 713. The van der Waals surface area contributed by atoms with Crippen molar-refractivity contribution >= 4 is 31.5 Å². The molecule has 0 bridgehead atoms. The van der Waals surface area contributed by atoms with Gasteiger partial charge in [0, 0.05) is 12.3 Å². The van der Waals surface area contributed by atoms with Crippen LogP contribution in [0.2, 0.25) is 5.02 Å². The van der Waals surface area contributed by atoms with Crippen LogP contribution in [0.5, 0.6) is 0 Å². The van der Waals surface area contributed by atoms with Crippen LogP contribution in [-0.4, -0.2) is 40.8 Å². The van der Waals surface area contributed by atoms with E-state index in [2.05, 4.69) is 4.72 Å². The van der Waals surface area contributed by atoms with Gasteiger partial charge in [-0.15, -0.1) is 0 Å². The van der Waals surface area contributed by atoms with E-state index in [-0.39, 0.29) is 27.3 Å². The molecule has 0 aliphatic rings. The first-order chi connectivity index (χ1) is 9.49. The molecule has 0 saturated carbocycles. The Morgan fingerprint density at radius 2 is 1.81 bits per heavy atom. The summed E-state index contributed by atoms with van der Waals surface area (Å²) in [5, 5.41) is 9.12. The minimum Gasteiger partial charge on any atom is -0.395 e. The van der Waals surface area contributed by atoms with Crippen LogP contribution in [-0.2, 0) is 19.9 Å². The zero-order valence-corrected chi connectivity index (χ0v) is 14.3. The number of sulfonamides is 1. The van der Waals surface area contributed by atoms with Crippen molar-refractivity contribution in [3.05, 3.63) is 23.2 Å². The van der Waals surface area contributed by atoms with E-state index in [9.17, 15) is 21.9 Å². The normalized spacial score (nSPS) is 14.4. The van der Waals surface area contributed by atoms with Crippen LogP contribution in [0.25, 0.3) is 0 Å². The minimum absolute atomic E-state index is 0.0876. The van der Waals surface area contributed by atoms with Gasteiger partial charge in [0.05, 0.1) is 16.5 Å². The molecule has 0 amide bonds. The van der Waals surface area contributed by atoms with Crippen molar-refractivity contribution in [2.24, 2.45) is 5.92 Å². The lowest BCUT2D eigenvalue weighted by atomic mass is 10.1. The SMILES string of the molecule is CC(C)C(CO)NS(=O)(=O)c1cc(S(C)(=O)=O)ccc1Cl. The molecular weight excluding hydrogens is 338 g/mol. The lowest BCUT2D eigenvalue weighted by molar-refractivity contribution is 0.227. The van der Waals surface area contributed by atoms with Crippen LogP contribution < -0.4 is 4.72 Å². The predicted octanol–water partition coefficient (Wildman–Crippen LogP) is 1.04. The van der Waals surface area contributed by atoms with Gasteiger partial charge in [-0.3, -0.25) is 0 Å². The highest BCUT2D eigenvalue weighted by Gasteiger charge is 2.25. The predicted molar refractivity (Wildman–Crippen MR) is 80.6 cm³/mol. The van der Waals surface area contributed by atoms with Gasteiger partial charge in [0.1, 0.15) is 4.90 Å². The summed E-state index contributed by atoms with van der Waals surface area (Å²) in [6.45, 7) is 3.12. The molecule has 0 fully saturated rings. The summed E-state index contributed by atoms with van der Waals surface area (Å²) in [4.78, 5) is -0.469. The molecule has 0 spiro atoms. The highest BCUT2D eigenvalue weighted by atomic mass is 35.5. The number of hydrogen-bond donors (Lipinski definition) is 2.